The first kappa shape index (κ1) is 15.4. The summed E-state index contributed by atoms with van der Waals surface area (Å²) < 4.78 is 1.03. The maximum Gasteiger partial charge on any atom is 0.238 e. The van der Waals surface area contributed by atoms with E-state index in [2.05, 4.69) is 33.5 Å². The third-order valence-corrected chi connectivity index (χ3v) is 2.55. The Morgan fingerprint density at radius 2 is 2.12 bits per heavy atom. The molecule has 16 heavy (non-hydrogen) atoms. The SMILES string of the molecule is CCc1cc(Br)ccc1NC(=O)CNC.Cl. The van der Waals surface area contributed by atoms with Crippen LogP contribution in [0.2, 0.25) is 0 Å². The second kappa shape index (κ2) is 7.65. The summed E-state index contributed by atoms with van der Waals surface area (Å²) in [6.07, 6.45) is 0.897. The topological polar surface area (TPSA) is 41.1 Å². The lowest BCUT2D eigenvalue weighted by Gasteiger charge is -2.10. The molecule has 0 atom stereocenters. The van der Waals surface area contributed by atoms with Crippen LogP contribution in [0.4, 0.5) is 5.69 Å². The van der Waals surface area contributed by atoms with Crippen LogP contribution >= 0.6 is 28.3 Å². The normalized spacial score (nSPS) is 9.44. The Bertz CT molecular complexity index is 358. The van der Waals surface area contributed by atoms with Crippen LogP contribution in [0.15, 0.2) is 22.7 Å². The second-order valence-corrected chi connectivity index (χ2v) is 4.15. The molecule has 0 spiro atoms. The first-order valence-corrected chi connectivity index (χ1v) is 5.69. The first-order chi connectivity index (χ1) is 7.17. The number of benzene rings is 1. The largest absolute Gasteiger partial charge is 0.325 e. The van der Waals surface area contributed by atoms with E-state index in [1.54, 1.807) is 7.05 Å². The van der Waals surface area contributed by atoms with Crippen LogP contribution in [-0.4, -0.2) is 19.5 Å². The summed E-state index contributed by atoms with van der Waals surface area (Å²) >= 11 is 3.41. The molecule has 0 heterocycles. The highest BCUT2D eigenvalue weighted by molar-refractivity contribution is 9.10. The van der Waals surface area contributed by atoms with Gasteiger partial charge in [0.2, 0.25) is 5.91 Å². The number of aryl methyl sites for hydroxylation is 1. The van der Waals surface area contributed by atoms with Crippen LogP contribution in [0, 0.1) is 0 Å². The van der Waals surface area contributed by atoms with Gasteiger partial charge < -0.3 is 10.6 Å². The number of carbonyl (C=O) groups excluding carboxylic acids is 1. The van der Waals surface area contributed by atoms with Gasteiger partial charge >= 0.3 is 0 Å². The molecule has 1 amide bonds. The van der Waals surface area contributed by atoms with Crippen molar-refractivity contribution in [3.05, 3.63) is 28.2 Å². The van der Waals surface area contributed by atoms with Crippen molar-refractivity contribution in [3.8, 4) is 0 Å². The molecule has 0 saturated heterocycles. The summed E-state index contributed by atoms with van der Waals surface area (Å²) in [5.74, 6) is -0.0190. The number of amides is 1. The Morgan fingerprint density at radius 3 is 2.69 bits per heavy atom. The van der Waals surface area contributed by atoms with Gasteiger partial charge in [-0.2, -0.15) is 0 Å². The molecular formula is C11H16BrClN2O. The summed E-state index contributed by atoms with van der Waals surface area (Å²) in [4.78, 5) is 11.4. The fourth-order valence-corrected chi connectivity index (χ4v) is 1.74. The zero-order chi connectivity index (χ0) is 11.3. The van der Waals surface area contributed by atoms with Gasteiger partial charge in [0, 0.05) is 10.2 Å². The highest BCUT2D eigenvalue weighted by Gasteiger charge is 2.05. The average molecular weight is 308 g/mol. The van der Waals surface area contributed by atoms with Crippen LogP contribution in [0.1, 0.15) is 12.5 Å². The van der Waals surface area contributed by atoms with Crippen molar-refractivity contribution < 1.29 is 4.79 Å². The number of anilines is 1. The van der Waals surface area contributed by atoms with Crippen LogP contribution in [0.3, 0.4) is 0 Å². The summed E-state index contributed by atoms with van der Waals surface area (Å²) in [5, 5.41) is 5.68. The second-order valence-electron chi connectivity index (χ2n) is 3.23. The molecule has 0 aromatic heterocycles. The molecule has 0 aliphatic carbocycles. The maximum absolute atomic E-state index is 11.4. The van der Waals surface area contributed by atoms with E-state index < -0.39 is 0 Å². The summed E-state index contributed by atoms with van der Waals surface area (Å²) in [5.41, 5.74) is 2.02. The maximum atomic E-state index is 11.4. The Morgan fingerprint density at radius 1 is 1.44 bits per heavy atom. The number of carbonyl (C=O) groups is 1. The third-order valence-electron chi connectivity index (χ3n) is 2.06. The molecule has 0 aliphatic rings. The van der Waals surface area contributed by atoms with Crippen molar-refractivity contribution in [1.82, 2.24) is 5.32 Å². The minimum atomic E-state index is -0.0190. The van der Waals surface area contributed by atoms with Gasteiger partial charge in [-0.3, -0.25) is 4.79 Å². The molecule has 1 rings (SSSR count). The van der Waals surface area contributed by atoms with E-state index in [1.165, 1.54) is 0 Å². The van der Waals surface area contributed by atoms with E-state index in [4.69, 9.17) is 0 Å². The van der Waals surface area contributed by atoms with E-state index in [1.807, 2.05) is 18.2 Å². The number of hydrogen-bond acceptors (Lipinski definition) is 2. The van der Waals surface area contributed by atoms with E-state index in [0.717, 1.165) is 22.1 Å². The van der Waals surface area contributed by atoms with Gasteiger partial charge in [0.25, 0.3) is 0 Å². The highest BCUT2D eigenvalue weighted by atomic mass is 79.9. The van der Waals surface area contributed by atoms with Gasteiger partial charge in [0.05, 0.1) is 6.54 Å². The Balaban J connectivity index is 0.00000225. The predicted molar refractivity (Wildman–Crippen MR) is 73.3 cm³/mol. The van der Waals surface area contributed by atoms with E-state index >= 15 is 0 Å². The lowest BCUT2D eigenvalue weighted by Crippen LogP contribution is -2.25. The standard InChI is InChI=1S/C11H15BrN2O.ClH/c1-3-8-6-9(12)4-5-10(8)14-11(15)7-13-2;/h4-6,13H,3,7H2,1-2H3,(H,14,15);1H. The minimum absolute atomic E-state index is 0. The van der Waals surface area contributed by atoms with Gasteiger partial charge in [-0.05, 0) is 37.2 Å². The molecule has 0 bridgehead atoms. The monoisotopic (exact) mass is 306 g/mol. The fourth-order valence-electron chi connectivity index (χ4n) is 1.33. The smallest absolute Gasteiger partial charge is 0.238 e. The van der Waals surface area contributed by atoms with Gasteiger partial charge in [-0.15, -0.1) is 12.4 Å². The predicted octanol–water partition coefficient (Wildman–Crippen LogP) is 2.59. The highest BCUT2D eigenvalue weighted by Crippen LogP contribution is 2.21. The van der Waals surface area contributed by atoms with Crippen molar-refractivity contribution in [2.24, 2.45) is 0 Å². The molecule has 90 valence electrons. The van der Waals surface area contributed by atoms with Gasteiger partial charge in [0.1, 0.15) is 0 Å². The summed E-state index contributed by atoms with van der Waals surface area (Å²) in [6.45, 7) is 2.40. The summed E-state index contributed by atoms with van der Waals surface area (Å²) in [7, 11) is 1.75. The molecular weight excluding hydrogens is 291 g/mol. The van der Waals surface area contributed by atoms with Crippen LogP contribution in [0.5, 0.6) is 0 Å². The Kier molecular flexibility index (Phi) is 7.38. The van der Waals surface area contributed by atoms with Gasteiger partial charge in [0.15, 0.2) is 0 Å². The lowest BCUT2D eigenvalue weighted by molar-refractivity contribution is -0.115. The summed E-state index contributed by atoms with van der Waals surface area (Å²) in [6, 6.07) is 5.86. The molecule has 0 radical (unpaired) electrons. The quantitative estimate of drug-likeness (QED) is 0.898. The van der Waals surface area contributed by atoms with Crippen LogP contribution in [0.25, 0.3) is 0 Å². The van der Waals surface area contributed by atoms with E-state index in [-0.39, 0.29) is 18.3 Å². The third kappa shape index (κ3) is 4.51. The molecule has 0 unspecified atom stereocenters. The van der Waals surface area contributed by atoms with Crippen molar-refractivity contribution in [3.63, 3.8) is 0 Å². The van der Waals surface area contributed by atoms with Gasteiger partial charge in [-0.25, -0.2) is 0 Å². The Hall–Kier alpha value is -0.580. The van der Waals surface area contributed by atoms with Crippen molar-refractivity contribution >= 4 is 39.9 Å². The Labute approximate surface area is 111 Å². The van der Waals surface area contributed by atoms with Gasteiger partial charge in [-0.1, -0.05) is 22.9 Å². The molecule has 0 saturated carbocycles. The minimum Gasteiger partial charge on any atom is -0.325 e. The first-order valence-electron chi connectivity index (χ1n) is 4.90. The molecule has 1 aromatic rings. The van der Waals surface area contributed by atoms with Crippen molar-refractivity contribution in [2.75, 3.05) is 18.9 Å². The van der Waals surface area contributed by atoms with Crippen molar-refractivity contribution in [1.29, 1.82) is 0 Å². The molecule has 5 heteroatoms. The van der Waals surface area contributed by atoms with Crippen LogP contribution in [-0.2, 0) is 11.2 Å². The fraction of sp³-hybridized carbons (Fsp3) is 0.364. The number of likely N-dealkylation sites (N-methyl/N-ethyl adjacent to an activating group) is 1. The van der Waals surface area contributed by atoms with Crippen molar-refractivity contribution in [2.45, 2.75) is 13.3 Å². The number of hydrogen-bond donors (Lipinski definition) is 2. The van der Waals surface area contributed by atoms with E-state index in [9.17, 15) is 4.79 Å². The number of halogens is 2. The molecule has 1 aromatic carbocycles. The number of nitrogens with one attached hydrogen (secondary N) is 2. The molecule has 0 aliphatic heterocycles. The van der Waals surface area contributed by atoms with Crippen LogP contribution < -0.4 is 10.6 Å². The lowest BCUT2D eigenvalue weighted by atomic mass is 10.1. The molecule has 0 fully saturated rings. The van der Waals surface area contributed by atoms with E-state index in [0.29, 0.717) is 6.54 Å². The molecule has 2 N–H and O–H groups in total. The molecule has 3 nitrogen and oxygen atoms in total. The number of rotatable bonds is 4. The zero-order valence-corrected chi connectivity index (χ0v) is 11.7. The zero-order valence-electron chi connectivity index (χ0n) is 9.34. The average Bonchev–Trinajstić information content (AvgIpc) is 2.21.